The molecule has 0 spiro atoms. The normalized spacial score (nSPS) is 15.1. The van der Waals surface area contributed by atoms with E-state index in [0.29, 0.717) is 25.2 Å². The fourth-order valence-corrected chi connectivity index (χ4v) is 4.53. The predicted octanol–water partition coefficient (Wildman–Crippen LogP) is 5.72. The molecule has 3 aromatic rings. The van der Waals surface area contributed by atoms with Crippen LogP contribution in [0.3, 0.4) is 0 Å². The molecule has 1 heterocycles. The zero-order valence-electron chi connectivity index (χ0n) is 22.8. The van der Waals surface area contributed by atoms with Crippen molar-refractivity contribution < 1.29 is 23.9 Å². The van der Waals surface area contributed by atoms with Gasteiger partial charge in [0.25, 0.3) is 0 Å². The second kappa shape index (κ2) is 12.0. The van der Waals surface area contributed by atoms with Crippen LogP contribution in [0, 0.1) is 6.92 Å². The third-order valence-corrected chi connectivity index (χ3v) is 6.43. The van der Waals surface area contributed by atoms with Crippen LogP contribution in [0.2, 0.25) is 0 Å². The highest BCUT2D eigenvalue weighted by molar-refractivity contribution is 5.88. The zero-order valence-corrected chi connectivity index (χ0v) is 22.8. The topological polar surface area (TPSA) is 97.0 Å². The molecule has 8 heteroatoms. The summed E-state index contributed by atoms with van der Waals surface area (Å²) in [4.78, 5) is 40.6. The summed E-state index contributed by atoms with van der Waals surface area (Å²) in [6.45, 7) is 8.15. The Balaban J connectivity index is 1.58. The number of ether oxygens (including phenoxy) is 2. The van der Waals surface area contributed by atoms with Crippen molar-refractivity contribution in [2.45, 2.75) is 65.5 Å². The first kappa shape index (κ1) is 27.7. The minimum atomic E-state index is -0.803. The van der Waals surface area contributed by atoms with Crippen molar-refractivity contribution in [3.05, 3.63) is 101 Å². The van der Waals surface area contributed by atoms with Gasteiger partial charge < -0.3 is 19.7 Å². The summed E-state index contributed by atoms with van der Waals surface area (Å²) < 4.78 is 10.8. The van der Waals surface area contributed by atoms with E-state index in [1.807, 2.05) is 94.4 Å². The average molecular weight is 530 g/mol. The SMILES string of the molecule is Cc1c(NC(=O)OC(C)(C)C)ccc2c1CN(Cc1ccccc1)C(=O)[C@H](NC(=O)OCc1ccccc1)C2. The number of fused-ring (bicyclic) bond motifs is 1. The average Bonchev–Trinajstić information content (AvgIpc) is 3.02. The van der Waals surface area contributed by atoms with Gasteiger partial charge in [-0.25, -0.2) is 9.59 Å². The predicted molar refractivity (Wildman–Crippen MR) is 149 cm³/mol. The standard InChI is InChI=1S/C31H35N3O5/c1-21-25-19-34(18-22-11-7-5-8-12-22)28(35)27(33-29(36)38-20-23-13-9-6-10-14-23)17-24(25)15-16-26(21)32-30(37)39-31(2,3)4/h5-16,27H,17-20H2,1-4H3,(H,32,37)(H,33,36)/t27-/m1/s1. The second-order valence-corrected chi connectivity index (χ2v) is 10.6. The molecule has 0 saturated carbocycles. The number of carbonyl (C=O) groups is 3. The van der Waals surface area contributed by atoms with Crippen molar-refractivity contribution >= 4 is 23.8 Å². The lowest BCUT2D eigenvalue weighted by Crippen LogP contribution is -2.48. The van der Waals surface area contributed by atoms with Crippen LogP contribution in [-0.2, 0) is 40.4 Å². The van der Waals surface area contributed by atoms with Crippen molar-refractivity contribution in [2.24, 2.45) is 0 Å². The maximum atomic E-state index is 13.7. The smallest absolute Gasteiger partial charge is 0.412 e. The van der Waals surface area contributed by atoms with E-state index in [1.165, 1.54) is 0 Å². The van der Waals surface area contributed by atoms with Crippen molar-refractivity contribution in [3.63, 3.8) is 0 Å². The number of nitrogens with one attached hydrogen (secondary N) is 2. The first-order valence-corrected chi connectivity index (χ1v) is 13.0. The van der Waals surface area contributed by atoms with Gasteiger partial charge in [0.1, 0.15) is 18.2 Å². The molecule has 0 aromatic heterocycles. The van der Waals surface area contributed by atoms with Gasteiger partial charge in [-0.15, -0.1) is 0 Å². The monoisotopic (exact) mass is 529 g/mol. The first-order chi connectivity index (χ1) is 18.6. The Hall–Kier alpha value is -4.33. The Morgan fingerprint density at radius 2 is 1.56 bits per heavy atom. The van der Waals surface area contributed by atoms with Crippen LogP contribution in [0.15, 0.2) is 72.8 Å². The Morgan fingerprint density at radius 3 is 2.21 bits per heavy atom. The van der Waals surface area contributed by atoms with Crippen molar-refractivity contribution in [1.82, 2.24) is 10.2 Å². The number of anilines is 1. The van der Waals surface area contributed by atoms with Crippen LogP contribution >= 0.6 is 0 Å². The van der Waals surface area contributed by atoms with Crippen molar-refractivity contribution in [1.29, 1.82) is 0 Å². The van der Waals surface area contributed by atoms with Gasteiger partial charge in [0.05, 0.1) is 0 Å². The van der Waals surface area contributed by atoms with Crippen molar-refractivity contribution in [2.75, 3.05) is 5.32 Å². The molecule has 0 bridgehead atoms. The minimum absolute atomic E-state index is 0.108. The molecule has 3 amide bonds. The third kappa shape index (κ3) is 7.60. The summed E-state index contributed by atoms with van der Waals surface area (Å²) in [5.41, 5.74) is 4.50. The van der Waals surface area contributed by atoms with Crippen LogP contribution in [0.5, 0.6) is 0 Å². The maximum Gasteiger partial charge on any atom is 0.412 e. The number of hydrogen-bond donors (Lipinski definition) is 2. The highest BCUT2D eigenvalue weighted by atomic mass is 16.6. The lowest BCUT2D eigenvalue weighted by molar-refractivity contribution is -0.134. The Bertz CT molecular complexity index is 1320. The molecule has 1 atom stereocenters. The Morgan fingerprint density at radius 1 is 0.923 bits per heavy atom. The van der Waals surface area contributed by atoms with Crippen molar-refractivity contribution in [3.8, 4) is 0 Å². The molecule has 4 rings (SSSR count). The fraction of sp³-hybridized carbons (Fsp3) is 0.323. The lowest BCUT2D eigenvalue weighted by Gasteiger charge is -2.25. The minimum Gasteiger partial charge on any atom is -0.445 e. The Kier molecular flexibility index (Phi) is 8.54. The largest absolute Gasteiger partial charge is 0.445 e. The summed E-state index contributed by atoms with van der Waals surface area (Å²) in [5.74, 6) is -0.201. The Labute approximate surface area is 229 Å². The molecule has 0 fully saturated rings. The summed E-state index contributed by atoms with van der Waals surface area (Å²) in [7, 11) is 0. The molecule has 0 aliphatic carbocycles. The van der Waals surface area contributed by atoms with E-state index >= 15 is 0 Å². The molecule has 2 N–H and O–H groups in total. The third-order valence-electron chi connectivity index (χ3n) is 6.43. The van der Waals surface area contributed by atoms with Crippen LogP contribution in [0.4, 0.5) is 15.3 Å². The van der Waals surface area contributed by atoms with Gasteiger partial charge in [-0.3, -0.25) is 10.1 Å². The van der Waals surface area contributed by atoms with Gasteiger partial charge in [0.2, 0.25) is 5.91 Å². The number of alkyl carbamates (subject to hydrolysis) is 1. The second-order valence-electron chi connectivity index (χ2n) is 10.6. The van der Waals surface area contributed by atoms with Crippen LogP contribution in [0.25, 0.3) is 0 Å². The summed E-state index contributed by atoms with van der Waals surface area (Å²) >= 11 is 0. The number of nitrogens with zero attached hydrogens (tertiary/aromatic N) is 1. The van der Waals surface area contributed by atoms with E-state index in [0.717, 1.165) is 27.8 Å². The van der Waals surface area contributed by atoms with E-state index in [4.69, 9.17) is 9.47 Å². The van der Waals surface area contributed by atoms with Gasteiger partial charge >= 0.3 is 12.2 Å². The number of amides is 3. The number of carbonyl (C=O) groups excluding carboxylic acids is 3. The number of benzene rings is 3. The molecule has 0 unspecified atom stereocenters. The van der Waals surface area contributed by atoms with Gasteiger partial charge in [-0.05, 0) is 61.6 Å². The van der Waals surface area contributed by atoms with Crippen LogP contribution in [-0.4, -0.2) is 34.6 Å². The molecular weight excluding hydrogens is 494 g/mol. The molecular formula is C31H35N3O5. The molecule has 0 radical (unpaired) electrons. The quantitative estimate of drug-likeness (QED) is 0.426. The first-order valence-electron chi connectivity index (χ1n) is 13.0. The summed E-state index contributed by atoms with van der Waals surface area (Å²) in [6.07, 6.45) is -0.898. The fourth-order valence-electron chi connectivity index (χ4n) is 4.53. The van der Waals surface area contributed by atoms with Crippen LogP contribution in [0.1, 0.15) is 48.6 Å². The zero-order chi connectivity index (χ0) is 28.0. The van der Waals surface area contributed by atoms with E-state index in [1.54, 1.807) is 11.0 Å². The number of rotatable bonds is 6. The van der Waals surface area contributed by atoms with Gasteiger partial charge in [-0.1, -0.05) is 66.7 Å². The van der Waals surface area contributed by atoms with Gasteiger partial charge in [0, 0.05) is 25.2 Å². The highest BCUT2D eigenvalue weighted by Crippen LogP contribution is 2.29. The highest BCUT2D eigenvalue weighted by Gasteiger charge is 2.32. The molecule has 8 nitrogen and oxygen atoms in total. The molecule has 204 valence electrons. The number of hydrogen-bond acceptors (Lipinski definition) is 5. The van der Waals surface area contributed by atoms with Gasteiger partial charge in [0.15, 0.2) is 0 Å². The molecule has 0 saturated heterocycles. The summed E-state index contributed by atoms with van der Waals surface area (Å²) in [5, 5.41) is 5.62. The van der Waals surface area contributed by atoms with E-state index in [-0.39, 0.29) is 12.5 Å². The van der Waals surface area contributed by atoms with E-state index < -0.39 is 23.8 Å². The molecule has 3 aromatic carbocycles. The lowest BCUT2D eigenvalue weighted by atomic mass is 9.96. The molecule has 39 heavy (non-hydrogen) atoms. The molecule has 1 aliphatic heterocycles. The van der Waals surface area contributed by atoms with E-state index in [2.05, 4.69) is 10.6 Å². The maximum absolute atomic E-state index is 13.7. The molecule has 1 aliphatic rings. The van der Waals surface area contributed by atoms with E-state index in [9.17, 15) is 14.4 Å². The summed E-state index contributed by atoms with van der Waals surface area (Å²) in [6, 6.07) is 22.0. The van der Waals surface area contributed by atoms with Crippen LogP contribution < -0.4 is 10.6 Å². The van der Waals surface area contributed by atoms with Gasteiger partial charge in [-0.2, -0.15) is 0 Å².